The lowest BCUT2D eigenvalue weighted by atomic mass is 10.1. The maximum atomic E-state index is 12.3. The first-order valence-electron chi connectivity index (χ1n) is 8.61. The van der Waals surface area contributed by atoms with Crippen molar-refractivity contribution in [3.05, 3.63) is 54.0 Å². The quantitative estimate of drug-likeness (QED) is 0.763. The number of carbonyl (C=O) groups is 3. The predicted molar refractivity (Wildman–Crippen MR) is 95.3 cm³/mol. The van der Waals surface area contributed by atoms with Gasteiger partial charge >= 0.3 is 0 Å². The Hall–Kier alpha value is -2.93. The summed E-state index contributed by atoms with van der Waals surface area (Å²) >= 11 is 0. The Morgan fingerprint density at radius 1 is 1.12 bits per heavy atom. The average molecular weight is 356 g/mol. The Labute approximate surface area is 151 Å². The molecule has 1 aromatic heterocycles. The SMILES string of the molecule is CC(=O)c1ccccc1NC(=O)C[NH+]1CCN(C(=O)c2ccco2)CC1. The molecule has 1 aliphatic rings. The Morgan fingerprint density at radius 3 is 2.50 bits per heavy atom. The fraction of sp³-hybridized carbons (Fsp3) is 0.316. The minimum Gasteiger partial charge on any atom is -0.459 e. The highest BCUT2D eigenvalue weighted by Gasteiger charge is 2.27. The number of nitrogens with one attached hydrogen (secondary N) is 2. The molecule has 2 aromatic rings. The van der Waals surface area contributed by atoms with Crippen LogP contribution in [0.25, 0.3) is 0 Å². The van der Waals surface area contributed by atoms with E-state index in [1.165, 1.54) is 13.2 Å². The molecule has 7 nitrogen and oxygen atoms in total. The lowest BCUT2D eigenvalue weighted by molar-refractivity contribution is -0.895. The highest BCUT2D eigenvalue weighted by molar-refractivity contribution is 6.03. The van der Waals surface area contributed by atoms with Crippen molar-refractivity contribution >= 4 is 23.3 Å². The van der Waals surface area contributed by atoms with Gasteiger partial charge in [0, 0.05) is 5.56 Å². The van der Waals surface area contributed by atoms with Gasteiger partial charge in [-0.05, 0) is 31.2 Å². The summed E-state index contributed by atoms with van der Waals surface area (Å²) in [6.45, 7) is 4.31. The van der Waals surface area contributed by atoms with Crippen molar-refractivity contribution in [1.29, 1.82) is 0 Å². The second kappa shape index (κ2) is 7.97. The fourth-order valence-corrected chi connectivity index (χ4v) is 3.08. The van der Waals surface area contributed by atoms with Crippen molar-refractivity contribution in [3.8, 4) is 0 Å². The first-order chi connectivity index (χ1) is 12.5. The highest BCUT2D eigenvalue weighted by atomic mass is 16.3. The number of ketones is 1. The third kappa shape index (κ3) is 4.18. The molecule has 136 valence electrons. The molecule has 0 bridgehead atoms. The van der Waals surface area contributed by atoms with E-state index in [0.29, 0.717) is 49.7 Å². The molecule has 26 heavy (non-hydrogen) atoms. The van der Waals surface area contributed by atoms with Gasteiger partial charge in [0.1, 0.15) is 0 Å². The first kappa shape index (κ1) is 17.9. The molecular formula is C19H22N3O4+. The van der Waals surface area contributed by atoms with Crippen LogP contribution in [0, 0.1) is 0 Å². The summed E-state index contributed by atoms with van der Waals surface area (Å²) in [6.07, 6.45) is 1.48. The van der Waals surface area contributed by atoms with Crippen LogP contribution in [0.3, 0.4) is 0 Å². The van der Waals surface area contributed by atoms with E-state index in [1.807, 2.05) is 0 Å². The zero-order valence-corrected chi connectivity index (χ0v) is 14.7. The molecule has 0 saturated carbocycles. The number of para-hydroxylation sites is 1. The van der Waals surface area contributed by atoms with Crippen molar-refractivity contribution in [2.45, 2.75) is 6.92 Å². The van der Waals surface area contributed by atoms with E-state index in [4.69, 9.17) is 4.42 Å². The molecule has 2 heterocycles. The monoisotopic (exact) mass is 356 g/mol. The second-order valence-electron chi connectivity index (χ2n) is 6.35. The number of nitrogens with zero attached hydrogens (tertiary/aromatic N) is 1. The number of amides is 2. The minimum absolute atomic E-state index is 0.0849. The van der Waals surface area contributed by atoms with Crippen LogP contribution in [0.5, 0.6) is 0 Å². The van der Waals surface area contributed by atoms with Crippen molar-refractivity contribution < 1.29 is 23.7 Å². The number of piperazine rings is 1. The van der Waals surface area contributed by atoms with Gasteiger partial charge < -0.3 is 19.5 Å². The summed E-state index contributed by atoms with van der Waals surface area (Å²) in [4.78, 5) is 39.0. The number of hydrogen-bond donors (Lipinski definition) is 2. The van der Waals surface area contributed by atoms with E-state index in [-0.39, 0.29) is 17.6 Å². The average Bonchev–Trinajstić information content (AvgIpc) is 3.16. The van der Waals surface area contributed by atoms with Gasteiger partial charge in [0.2, 0.25) is 0 Å². The van der Waals surface area contributed by atoms with E-state index in [0.717, 1.165) is 4.90 Å². The minimum atomic E-state index is -0.139. The first-order valence-corrected chi connectivity index (χ1v) is 8.61. The lowest BCUT2D eigenvalue weighted by Crippen LogP contribution is -3.15. The van der Waals surface area contributed by atoms with Gasteiger partial charge in [-0.3, -0.25) is 14.4 Å². The summed E-state index contributed by atoms with van der Waals surface area (Å²) in [6, 6.07) is 10.3. The van der Waals surface area contributed by atoms with Crippen LogP contribution in [0.15, 0.2) is 47.1 Å². The lowest BCUT2D eigenvalue weighted by Gasteiger charge is -2.31. The summed E-state index contributed by atoms with van der Waals surface area (Å²) in [5, 5.41) is 2.82. The third-order valence-corrected chi connectivity index (χ3v) is 4.48. The number of quaternary nitrogens is 1. The van der Waals surface area contributed by atoms with Crippen molar-refractivity contribution in [2.75, 3.05) is 38.0 Å². The molecular weight excluding hydrogens is 334 g/mol. The number of rotatable bonds is 5. The maximum Gasteiger partial charge on any atom is 0.289 e. The predicted octanol–water partition coefficient (Wildman–Crippen LogP) is 0.462. The van der Waals surface area contributed by atoms with E-state index in [2.05, 4.69) is 5.32 Å². The van der Waals surface area contributed by atoms with Crippen molar-refractivity contribution in [2.24, 2.45) is 0 Å². The van der Waals surface area contributed by atoms with Gasteiger partial charge in [-0.1, -0.05) is 12.1 Å². The molecule has 2 N–H and O–H groups in total. The number of Topliss-reactive ketones (excluding diaryl/α,β-unsaturated/α-hetero) is 1. The molecule has 7 heteroatoms. The topological polar surface area (TPSA) is 84.1 Å². The zero-order valence-electron chi connectivity index (χ0n) is 14.7. The smallest absolute Gasteiger partial charge is 0.289 e. The molecule has 0 radical (unpaired) electrons. The molecule has 1 fully saturated rings. The van der Waals surface area contributed by atoms with E-state index in [9.17, 15) is 14.4 Å². The second-order valence-corrected chi connectivity index (χ2v) is 6.35. The number of benzene rings is 1. The maximum absolute atomic E-state index is 12.3. The summed E-state index contributed by atoms with van der Waals surface area (Å²) in [7, 11) is 0. The number of carbonyl (C=O) groups excluding carboxylic acids is 3. The number of anilines is 1. The molecule has 1 aliphatic heterocycles. The number of hydrogen-bond acceptors (Lipinski definition) is 4. The summed E-state index contributed by atoms with van der Waals surface area (Å²) in [5.74, 6) is -0.00118. The Kier molecular flexibility index (Phi) is 5.48. The highest BCUT2D eigenvalue weighted by Crippen LogP contribution is 2.15. The fourth-order valence-electron chi connectivity index (χ4n) is 3.08. The summed E-state index contributed by atoms with van der Waals surface area (Å²) < 4.78 is 5.15. The van der Waals surface area contributed by atoms with Crippen LogP contribution < -0.4 is 10.2 Å². The van der Waals surface area contributed by atoms with E-state index < -0.39 is 0 Å². The Balaban J connectivity index is 1.51. The molecule has 0 atom stereocenters. The van der Waals surface area contributed by atoms with Gasteiger partial charge in [-0.2, -0.15) is 0 Å². The van der Waals surface area contributed by atoms with E-state index in [1.54, 1.807) is 41.3 Å². The molecule has 3 rings (SSSR count). The van der Waals surface area contributed by atoms with Crippen molar-refractivity contribution in [1.82, 2.24) is 4.90 Å². The van der Waals surface area contributed by atoms with Gasteiger partial charge in [0.25, 0.3) is 11.8 Å². The van der Waals surface area contributed by atoms with Gasteiger partial charge in [-0.15, -0.1) is 0 Å². The third-order valence-electron chi connectivity index (χ3n) is 4.48. The van der Waals surface area contributed by atoms with Crippen LogP contribution in [0.4, 0.5) is 5.69 Å². The number of furan rings is 1. The van der Waals surface area contributed by atoms with Crippen molar-refractivity contribution in [3.63, 3.8) is 0 Å². The van der Waals surface area contributed by atoms with Gasteiger partial charge in [0.15, 0.2) is 18.1 Å². The van der Waals surface area contributed by atoms with E-state index >= 15 is 0 Å². The molecule has 0 spiro atoms. The standard InChI is InChI=1S/C19H21N3O4/c1-14(23)15-5-2-3-6-16(15)20-18(24)13-21-8-10-22(11-9-21)19(25)17-7-4-12-26-17/h2-7,12H,8-11,13H2,1H3,(H,20,24)/p+1. The van der Waals surface area contributed by atoms with Crippen LogP contribution in [0.1, 0.15) is 27.8 Å². The van der Waals surface area contributed by atoms with Crippen LogP contribution in [-0.4, -0.2) is 55.2 Å². The zero-order chi connectivity index (χ0) is 18.5. The summed E-state index contributed by atoms with van der Waals surface area (Å²) in [5.41, 5.74) is 1.04. The molecule has 2 amide bonds. The van der Waals surface area contributed by atoms with Crippen LogP contribution in [-0.2, 0) is 4.79 Å². The molecule has 0 aliphatic carbocycles. The molecule has 1 aromatic carbocycles. The Bertz CT molecular complexity index is 793. The normalized spacial score (nSPS) is 14.9. The van der Waals surface area contributed by atoms with Gasteiger partial charge in [0.05, 0.1) is 38.1 Å². The van der Waals surface area contributed by atoms with Gasteiger partial charge in [-0.25, -0.2) is 0 Å². The molecule has 1 saturated heterocycles. The largest absolute Gasteiger partial charge is 0.459 e. The molecule has 0 unspecified atom stereocenters. The van der Waals surface area contributed by atoms with Crippen LogP contribution >= 0.6 is 0 Å². The van der Waals surface area contributed by atoms with Crippen LogP contribution in [0.2, 0.25) is 0 Å². The Morgan fingerprint density at radius 2 is 1.85 bits per heavy atom.